The summed E-state index contributed by atoms with van der Waals surface area (Å²) < 4.78 is 2.01. The van der Waals surface area contributed by atoms with Crippen LogP contribution in [0.4, 0.5) is 5.13 Å². The summed E-state index contributed by atoms with van der Waals surface area (Å²) in [7, 11) is 0. The van der Waals surface area contributed by atoms with Gasteiger partial charge in [0.15, 0.2) is 11.0 Å². The van der Waals surface area contributed by atoms with Gasteiger partial charge in [-0.15, -0.1) is 10.2 Å². The number of thiazole rings is 1. The lowest BCUT2D eigenvalue weighted by Crippen LogP contribution is -2.33. The van der Waals surface area contributed by atoms with Crippen molar-refractivity contribution < 1.29 is 9.90 Å². The summed E-state index contributed by atoms with van der Waals surface area (Å²) in [6.45, 7) is 6.25. The number of nitrogens with zero attached hydrogens (tertiary/aromatic N) is 5. The number of hydrogen-bond acceptors (Lipinski definition) is 6. The number of hydrogen-bond donors (Lipinski definition) is 1. The van der Waals surface area contributed by atoms with E-state index in [0.29, 0.717) is 17.1 Å². The van der Waals surface area contributed by atoms with Gasteiger partial charge in [0.2, 0.25) is 0 Å². The summed E-state index contributed by atoms with van der Waals surface area (Å²) in [5.41, 5.74) is 0.692. The molecule has 0 fully saturated rings. The van der Waals surface area contributed by atoms with E-state index in [1.165, 1.54) is 11.3 Å². The molecule has 1 aliphatic heterocycles. The SMILES string of the molecule is CCC(C)c1nc(N2CCn3cnnc3C2)sc1C(=O)O. The Kier molecular flexibility index (Phi) is 3.62. The maximum atomic E-state index is 11.4. The van der Waals surface area contributed by atoms with Crippen molar-refractivity contribution in [3.63, 3.8) is 0 Å². The van der Waals surface area contributed by atoms with Crippen LogP contribution in [0.1, 0.15) is 47.4 Å². The largest absolute Gasteiger partial charge is 0.477 e. The Labute approximate surface area is 126 Å². The second-order valence-corrected chi connectivity index (χ2v) is 6.16. The van der Waals surface area contributed by atoms with Gasteiger partial charge in [-0.25, -0.2) is 9.78 Å². The highest BCUT2D eigenvalue weighted by Crippen LogP contribution is 2.33. The molecule has 0 radical (unpaired) electrons. The maximum Gasteiger partial charge on any atom is 0.347 e. The molecule has 2 aromatic rings. The Balaban J connectivity index is 1.91. The zero-order chi connectivity index (χ0) is 15.0. The van der Waals surface area contributed by atoms with Gasteiger partial charge in [0, 0.05) is 13.1 Å². The molecule has 0 amide bonds. The molecule has 3 heterocycles. The summed E-state index contributed by atoms with van der Waals surface area (Å²) >= 11 is 1.25. The summed E-state index contributed by atoms with van der Waals surface area (Å²) in [5, 5.41) is 18.1. The second kappa shape index (κ2) is 5.44. The molecular weight excluding hydrogens is 290 g/mol. The van der Waals surface area contributed by atoms with Gasteiger partial charge < -0.3 is 14.6 Å². The second-order valence-electron chi connectivity index (χ2n) is 5.19. The molecule has 112 valence electrons. The van der Waals surface area contributed by atoms with Crippen molar-refractivity contribution in [2.24, 2.45) is 0 Å². The predicted octanol–water partition coefficient (Wildman–Crippen LogP) is 1.97. The van der Waals surface area contributed by atoms with Crippen molar-refractivity contribution in [2.75, 3.05) is 11.4 Å². The molecule has 0 spiro atoms. The van der Waals surface area contributed by atoms with Crippen molar-refractivity contribution in [3.8, 4) is 0 Å². The van der Waals surface area contributed by atoms with E-state index in [0.717, 1.165) is 30.5 Å². The zero-order valence-electron chi connectivity index (χ0n) is 12.0. The van der Waals surface area contributed by atoms with Gasteiger partial charge in [0.25, 0.3) is 0 Å². The molecule has 0 bridgehead atoms. The number of carboxylic acids is 1. The lowest BCUT2D eigenvalue weighted by Gasteiger charge is -2.26. The fourth-order valence-electron chi connectivity index (χ4n) is 2.37. The molecule has 1 unspecified atom stereocenters. The molecule has 0 saturated heterocycles. The van der Waals surface area contributed by atoms with Crippen LogP contribution in [-0.2, 0) is 13.1 Å². The normalized spacial score (nSPS) is 15.8. The van der Waals surface area contributed by atoms with Gasteiger partial charge in [0.1, 0.15) is 11.2 Å². The lowest BCUT2D eigenvalue weighted by molar-refractivity contribution is 0.0700. The molecule has 1 aliphatic rings. The van der Waals surface area contributed by atoms with Gasteiger partial charge in [-0.1, -0.05) is 25.2 Å². The molecule has 2 aromatic heterocycles. The lowest BCUT2D eigenvalue weighted by atomic mass is 10.0. The van der Waals surface area contributed by atoms with Gasteiger partial charge in [-0.2, -0.15) is 0 Å². The number of carboxylic acid groups (broad SMARTS) is 1. The first-order chi connectivity index (χ1) is 10.1. The number of fused-ring (bicyclic) bond motifs is 1. The average molecular weight is 307 g/mol. The predicted molar refractivity (Wildman–Crippen MR) is 78.9 cm³/mol. The van der Waals surface area contributed by atoms with Crippen LogP contribution >= 0.6 is 11.3 Å². The first-order valence-corrected chi connectivity index (χ1v) is 7.77. The van der Waals surface area contributed by atoms with Gasteiger partial charge in [-0.3, -0.25) is 0 Å². The standard InChI is InChI=1S/C13H17N5O2S/c1-3-8(2)10-11(12(19)20)21-13(15-10)17-4-5-18-7-14-16-9(18)6-17/h7-8H,3-6H2,1-2H3,(H,19,20). The Morgan fingerprint density at radius 2 is 2.33 bits per heavy atom. The van der Waals surface area contributed by atoms with Crippen LogP contribution in [0, 0.1) is 0 Å². The van der Waals surface area contributed by atoms with E-state index in [2.05, 4.69) is 20.1 Å². The number of aromatic carboxylic acids is 1. The fourth-order valence-corrected chi connectivity index (χ4v) is 3.42. The third kappa shape index (κ3) is 2.51. The smallest absolute Gasteiger partial charge is 0.347 e. The van der Waals surface area contributed by atoms with E-state index < -0.39 is 5.97 Å². The number of rotatable bonds is 4. The molecule has 1 N–H and O–H groups in total. The highest BCUT2D eigenvalue weighted by Gasteiger charge is 2.26. The molecule has 7 nitrogen and oxygen atoms in total. The topological polar surface area (TPSA) is 84.1 Å². The van der Waals surface area contributed by atoms with E-state index in [-0.39, 0.29) is 5.92 Å². The molecule has 8 heteroatoms. The minimum absolute atomic E-state index is 0.148. The van der Waals surface area contributed by atoms with Crippen LogP contribution in [0.2, 0.25) is 0 Å². The van der Waals surface area contributed by atoms with Crippen LogP contribution in [0.3, 0.4) is 0 Å². The summed E-state index contributed by atoms with van der Waals surface area (Å²) in [6, 6.07) is 0. The molecule has 0 saturated carbocycles. The Morgan fingerprint density at radius 3 is 3.05 bits per heavy atom. The molecular formula is C13H17N5O2S. The molecule has 3 rings (SSSR count). The number of anilines is 1. The monoisotopic (exact) mass is 307 g/mol. The maximum absolute atomic E-state index is 11.4. The van der Waals surface area contributed by atoms with Crippen LogP contribution in [0.5, 0.6) is 0 Å². The summed E-state index contributed by atoms with van der Waals surface area (Å²) in [6.07, 6.45) is 2.60. The van der Waals surface area contributed by atoms with Crippen molar-refractivity contribution in [2.45, 2.75) is 39.3 Å². The zero-order valence-corrected chi connectivity index (χ0v) is 12.8. The quantitative estimate of drug-likeness (QED) is 0.929. The summed E-state index contributed by atoms with van der Waals surface area (Å²) in [4.78, 5) is 18.4. The van der Waals surface area contributed by atoms with Crippen LogP contribution in [0.25, 0.3) is 0 Å². The Bertz CT molecular complexity index is 665. The number of carbonyl (C=O) groups is 1. The molecule has 0 aliphatic carbocycles. The molecule has 0 aromatic carbocycles. The van der Waals surface area contributed by atoms with E-state index >= 15 is 0 Å². The van der Waals surface area contributed by atoms with Crippen LogP contribution < -0.4 is 4.90 Å². The van der Waals surface area contributed by atoms with E-state index in [4.69, 9.17) is 0 Å². The Morgan fingerprint density at radius 1 is 1.52 bits per heavy atom. The van der Waals surface area contributed by atoms with Crippen LogP contribution in [-0.4, -0.2) is 37.4 Å². The third-order valence-corrected chi connectivity index (χ3v) is 4.94. The third-order valence-electron chi connectivity index (χ3n) is 3.82. The van der Waals surface area contributed by atoms with Crippen molar-refractivity contribution in [1.29, 1.82) is 0 Å². The fraction of sp³-hybridized carbons (Fsp3) is 0.538. The van der Waals surface area contributed by atoms with Crippen molar-refractivity contribution in [1.82, 2.24) is 19.7 Å². The Hall–Kier alpha value is -1.96. The average Bonchev–Trinajstić information content (AvgIpc) is 3.11. The van der Waals surface area contributed by atoms with Gasteiger partial charge in [0.05, 0.1) is 12.2 Å². The molecule has 1 atom stereocenters. The van der Waals surface area contributed by atoms with Crippen LogP contribution in [0.15, 0.2) is 6.33 Å². The highest BCUT2D eigenvalue weighted by atomic mass is 32.1. The first-order valence-electron chi connectivity index (χ1n) is 6.95. The summed E-state index contributed by atoms with van der Waals surface area (Å²) in [5.74, 6) is 0.141. The van der Waals surface area contributed by atoms with E-state index in [1.807, 2.05) is 18.4 Å². The van der Waals surface area contributed by atoms with Gasteiger partial charge in [-0.05, 0) is 12.3 Å². The highest BCUT2D eigenvalue weighted by molar-refractivity contribution is 7.17. The number of aromatic nitrogens is 4. The molecule has 21 heavy (non-hydrogen) atoms. The minimum Gasteiger partial charge on any atom is -0.477 e. The minimum atomic E-state index is -0.894. The van der Waals surface area contributed by atoms with Crippen molar-refractivity contribution in [3.05, 3.63) is 22.7 Å². The van der Waals surface area contributed by atoms with Crippen molar-refractivity contribution >= 4 is 22.4 Å². The van der Waals surface area contributed by atoms with E-state index in [1.54, 1.807) is 6.33 Å². The first kappa shape index (κ1) is 14.0. The van der Waals surface area contributed by atoms with E-state index in [9.17, 15) is 9.90 Å². The van der Waals surface area contributed by atoms with Gasteiger partial charge >= 0.3 is 5.97 Å².